The van der Waals surface area contributed by atoms with Gasteiger partial charge in [-0.1, -0.05) is 6.92 Å². The molecule has 0 bridgehead atoms. The van der Waals surface area contributed by atoms with E-state index in [0.29, 0.717) is 23.8 Å². The third-order valence-electron chi connectivity index (χ3n) is 3.77. The maximum absolute atomic E-state index is 12.7. The lowest BCUT2D eigenvalue weighted by atomic mass is 10.1. The average molecular weight is 279 g/mol. The van der Waals surface area contributed by atoms with E-state index in [1.807, 2.05) is 22.6 Å². The predicted octanol–water partition coefficient (Wildman–Crippen LogP) is 1.98. The van der Waals surface area contributed by atoms with Gasteiger partial charge in [-0.05, 0) is 25.8 Å². The van der Waals surface area contributed by atoms with Crippen molar-refractivity contribution in [2.75, 3.05) is 32.0 Å². The number of aromatic nitrogens is 1. The molecule has 5 heteroatoms. The Balaban J connectivity index is 2.10. The highest BCUT2D eigenvalue weighted by Gasteiger charge is 2.24. The number of carbonyl (C=O) groups is 1. The fraction of sp³-hybridized carbons (Fsp3) is 0.667. The first kappa shape index (κ1) is 14.9. The Morgan fingerprint density at radius 2 is 2.35 bits per heavy atom. The monoisotopic (exact) mass is 279 g/mol. The average Bonchev–Trinajstić information content (AvgIpc) is 3.05. The van der Waals surface area contributed by atoms with E-state index >= 15 is 0 Å². The number of anilines is 1. The summed E-state index contributed by atoms with van der Waals surface area (Å²) in [4.78, 5) is 14.6. The van der Waals surface area contributed by atoms with Crippen LogP contribution in [0.5, 0.6) is 0 Å². The van der Waals surface area contributed by atoms with Crippen molar-refractivity contribution in [1.82, 2.24) is 9.47 Å². The first-order valence-electron chi connectivity index (χ1n) is 7.48. The first-order valence-corrected chi connectivity index (χ1v) is 7.48. The molecule has 1 unspecified atom stereocenters. The second kappa shape index (κ2) is 6.79. The van der Waals surface area contributed by atoms with Gasteiger partial charge in [0, 0.05) is 38.4 Å². The summed E-state index contributed by atoms with van der Waals surface area (Å²) >= 11 is 0. The number of nitrogens with zero attached hydrogens (tertiary/aromatic N) is 2. The number of carbonyl (C=O) groups excluding carboxylic acids is 1. The Morgan fingerprint density at radius 1 is 1.55 bits per heavy atom. The van der Waals surface area contributed by atoms with Crippen molar-refractivity contribution in [3.8, 4) is 0 Å². The van der Waals surface area contributed by atoms with Gasteiger partial charge in [-0.3, -0.25) is 4.79 Å². The minimum Gasteiger partial charge on any atom is -0.397 e. The third-order valence-corrected chi connectivity index (χ3v) is 3.77. The van der Waals surface area contributed by atoms with Crippen LogP contribution < -0.4 is 5.73 Å². The van der Waals surface area contributed by atoms with E-state index in [2.05, 4.69) is 6.92 Å². The summed E-state index contributed by atoms with van der Waals surface area (Å²) in [7, 11) is 0. The summed E-state index contributed by atoms with van der Waals surface area (Å²) in [6, 6.07) is 1.78. The largest absolute Gasteiger partial charge is 0.397 e. The van der Waals surface area contributed by atoms with Crippen LogP contribution in [0.15, 0.2) is 12.3 Å². The number of nitrogen functional groups attached to an aromatic ring is 1. The van der Waals surface area contributed by atoms with Crippen LogP contribution in [0.1, 0.15) is 37.2 Å². The maximum atomic E-state index is 12.7. The summed E-state index contributed by atoms with van der Waals surface area (Å²) < 4.78 is 7.35. The first-order chi connectivity index (χ1) is 9.65. The number of aryl methyl sites for hydroxylation is 1. The van der Waals surface area contributed by atoms with E-state index in [9.17, 15) is 4.79 Å². The Kier molecular flexibility index (Phi) is 5.06. The summed E-state index contributed by atoms with van der Waals surface area (Å²) in [6.45, 7) is 8.00. The Bertz CT molecular complexity index is 450. The molecule has 1 aliphatic heterocycles. The van der Waals surface area contributed by atoms with Crippen molar-refractivity contribution in [3.05, 3.63) is 18.0 Å². The summed E-state index contributed by atoms with van der Waals surface area (Å²) in [5, 5.41) is 0. The molecule has 1 atom stereocenters. The molecule has 1 aromatic heterocycles. The van der Waals surface area contributed by atoms with Crippen LogP contribution in [0.4, 0.5) is 5.69 Å². The van der Waals surface area contributed by atoms with E-state index in [-0.39, 0.29) is 5.91 Å². The standard InChI is InChI=1S/C15H25N3O2/c1-3-6-18-10-13(16)8-14(18)15(19)17(4-2)9-12-5-7-20-11-12/h8,10,12H,3-7,9,11,16H2,1-2H3. The zero-order chi connectivity index (χ0) is 14.5. The topological polar surface area (TPSA) is 60.5 Å². The van der Waals surface area contributed by atoms with Gasteiger partial charge >= 0.3 is 0 Å². The minimum atomic E-state index is 0.0737. The lowest BCUT2D eigenvalue weighted by molar-refractivity contribution is 0.0720. The van der Waals surface area contributed by atoms with Gasteiger partial charge in [0.05, 0.1) is 12.3 Å². The van der Waals surface area contributed by atoms with Crippen LogP contribution in [0, 0.1) is 5.92 Å². The summed E-state index contributed by atoms with van der Waals surface area (Å²) in [5.41, 5.74) is 7.19. The Hall–Kier alpha value is -1.49. The highest BCUT2D eigenvalue weighted by molar-refractivity contribution is 5.93. The molecule has 0 spiro atoms. The van der Waals surface area contributed by atoms with Crippen LogP contribution in [-0.4, -0.2) is 41.7 Å². The van der Waals surface area contributed by atoms with Gasteiger partial charge < -0.3 is 19.9 Å². The quantitative estimate of drug-likeness (QED) is 0.866. The number of nitrogens with two attached hydrogens (primary N) is 1. The van der Waals surface area contributed by atoms with Crippen molar-refractivity contribution < 1.29 is 9.53 Å². The van der Waals surface area contributed by atoms with Gasteiger partial charge in [-0.25, -0.2) is 0 Å². The fourth-order valence-corrected chi connectivity index (χ4v) is 2.69. The normalized spacial score (nSPS) is 18.4. The summed E-state index contributed by atoms with van der Waals surface area (Å²) in [5.74, 6) is 0.537. The zero-order valence-corrected chi connectivity index (χ0v) is 12.5. The Labute approximate surface area is 120 Å². The Morgan fingerprint density at radius 3 is 2.95 bits per heavy atom. The molecule has 1 aromatic rings. The van der Waals surface area contributed by atoms with Crippen molar-refractivity contribution in [2.45, 2.75) is 33.2 Å². The van der Waals surface area contributed by atoms with Gasteiger partial charge in [0.2, 0.25) is 0 Å². The van der Waals surface area contributed by atoms with Crippen molar-refractivity contribution in [1.29, 1.82) is 0 Å². The molecule has 1 saturated heterocycles. The lowest BCUT2D eigenvalue weighted by Gasteiger charge is -2.24. The molecule has 0 aromatic carbocycles. The molecule has 1 amide bonds. The van der Waals surface area contributed by atoms with Gasteiger partial charge in [0.15, 0.2) is 0 Å². The SMILES string of the molecule is CCCn1cc(N)cc1C(=O)N(CC)CC1CCOC1. The van der Waals surface area contributed by atoms with Gasteiger partial charge in [-0.2, -0.15) is 0 Å². The summed E-state index contributed by atoms with van der Waals surface area (Å²) in [6.07, 6.45) is 3.88. The fourth-order valence-electron chi connectivity index (χ4n) is 2.69. The van der Waals surface area contributed by atoms with E-state index in [0.717, 1.165) is 39.1 Å². The van der Waals surface area contributed by atoms with Crippen LogP contribution in [-0.2, 0) is 11.3 Å². The van der Waals surface area contributed by atoms with Crippen LogP contribution >= 0.6 is 0 Å². The van der Waals surface area contributed by atoms with Crippen molar-refractivity contribution in [2.24, 2.45) is 5.92 Å². The molecule has 2 heterocycles. The third kappa shape index (κ3) is 3.33. The molecule has 1 fully saturated rings. The second-order valence-electron chi connectivity index (χ2n) is 5.43. The van der Waals surface area contributed by atoms with Crippen molar-refractivity contribution in [3.63, 3.8) is 0 Å². The lowest BCUT2D eigenvalue weighted by Crippen LogP contribution is -2.36. The number of amides is 1. The molecule has 0 saturated carbocycles. The number of hydrogen-bond acceptors (Lipinski definition) is 3. The van der Waals surface area contributed by atoms with E-state index < -0.39 is 0 Å². The van der Waals surface area contributed by atoms with E-state index in [1.165, 1.54) is 0 Å². The molecular weight excluding hydrogens is 254 g/mol. The molecular formula is C15H25N3O2. The molecule has 20 heavy (non-hydrogen) atoms. The second-order valence-corrected chi connectivity index (χ2v) is 5.43. The van der Waals surface area contributed by atoms with Gasteiger partial charge in [-0.15, -0.1) is 0 Å². The highest BCUT2D eigenvalue weighted by atomic mass is 16.5. The smallest absolute Gasteiger partial charge is 0.270 e. The highest BCUT2D eigenvalue weighted by Crippen LogP contribution is 2.18. The molecule has 0 radical (unpaired) electrons. The zero-order valence-electron chi connectivity index (χ0n) is 12.5. The number of ether oxygens (including phenoxy) is 1. The number of rotatable bonds is 6. The van der Waals surface area contributed by atoms with Crippen LogP contribution in [0.2, 0.25) is 0 Å². The van der Waals surface area contributed by atoms with Crippen LogP contribution in [0.25, 0.3) is 0 Å². The van der Waals surface area contributed by atoms with E-state index in [4.69, 9.17) is 10.5 Å². The number of hydrogen-bond donors (Lipinski definition) is 1. The molecule has 5 nitrogen and oxygen atoms in total. The molecule has 2 N–H and O–H groups in total. The molecule has 2 rings (SSSR count). The van der Waals surface area contributed by atoms with Gasteiger partial charge in [0.25, 0.3) is 5.91 Å². The maximum Gasteiger partial charge on any atom is 0.270 e. The van der Waals surface area contributed by atoms with Crippen molar-refractivity contribution >= 4 is 11.6 Å². The van der Waals surface area contributed by atoms with E-state index in [1.54, 1.807) is 6.07 Å². The molecule has 1 aliphatic rings. The molecule has 0 aliphatic carbocycles. The van der Waals surface area contributed by atoms with Crippen LogP contribution in [0.3, 0.4) is 0 Å². The molecule has 112 valence electrons. The van der Waals surface area contributed by atoms with Gasteiger partial charge in [0.1, 0.15) is 5.69 Å². The predicted molar refractivity (Wildman–Crippen MR) is 79.6 cm³/mol. The minimum absolute atomic E-state index is 0.0737.